The molecule has 0 saturated carbocycles. The van der Waals surface area contributed by atoms with Crippen LogP contribution in [0, 0.1) is 22.2 Å². The first-order valence-electron chi connectivity index (χ1n) is 7.10. The summed E-state index contributed by atoms with van der Waals surface area (Å²) in [7, 11) is 0. The van der Waals surface area contributed by atoms with Crippen LogP contribution in [0.25, 0.3) is 0 Å². The van der Waals surface area contributed by atoms with E-state index >= 15 is 0 Å². The second-order valence-electron chi connectivity index (χ2n) is 6.62. The normalized spacial score (nSPS) is 23.3. The Bertz CT molecular complexity index is 637. The molecule has 1 heterocycles. The lowest BCUT2D eigenvalue weighted by atomic mass is 9.62. The number of benzene rings is 1. The number of nitrogens with zero attached hydrogens (tertiary/aromatic N) is 2. The van der Waals surface area contributed by atoms with Crippen molar-refractivity contribution in [3.05, 3.63) is 42.0 Å². The number of allylic oxidation sites excluding steroid dienone is 1. The summed E-state index contributed by atoms with van der Waals surface area (Å²) in [6.45, 7) is 5.70. The van der Waals surface area contributed by atoms with Crippen LogP contribution in [0.5, 0.6) is 0 Å². The summed E-state index contributed by atoms with van der Waals surface area (Å²) in [6.07, 6.45) is 2.75. The zero-order chi connectivity index (χ0) is 15.1. The van der Waals surface area contributed by atoms with Gasteiger partial charge in [0.1, 0.15) is 6.07 Å². The van der Waals surface area contributed by atoms with Gasteiger partial charge in [0.25, 0.3) is 0 Å². The minimum atomic E-state index is -0.427. The predicted octanol–water partition coefficient (Wildman–Crippen LogP) is 3.44. The Hall–Kier alpha value is -1.57. The summed E-state index contributed by atoms with van der Waals surface area (Å²) in [4.78, 5) is 13.4. The first-order valence-corrected chi connectivity index (χ1v) is 7.87. The minimum absolute atomic E-state index is 0.00946. The van der Waals surface area contributed by atoms with E-state index in [4.69, 9.17) is 0 Å². The first-order chi connectivity index (χ1) is 9.94. The Morgan fingerprint density at radius 2 is 1.90 bits per heavy atom. The van der Waals surface area contributed by atoms with Crippen LogP contribution >= 0.6 is 11.9 Å². The van der Waals surface area contributed by atoms with Crippen LogP contribution in [0.1, 0.15) is 20.3 Å². The maximum absolute atomic E-state index is 12.2. The molecule has 0 atom stereocenters. The topological polar surface area (TPSA) is 44.1 Å². The van der Waals surface area contributed by atoms with Gasteiger partial charge in [-0.1, -0.05) is 38.1 Å². The molecule has 1 aromatic rings. The van der Waals surface area contributed by atoms with Crippen LogP contribution in [0.3, 0.4) is 0 Å². The van der Waals surface area contributed by atoms with Crippen molar-refractivity contribution in [1.29, 1.82) is 5.26 Å². The zero-order valence-corrected chi connectivity index (χ0v) is 13.1. The summed E-state index contributed by atoms with van der Waals surface area (Å²) >= 11 is 1.74. The molecule has 1 spiro atoms. The lowest BCUT2D eigenvalue weighted by molar-refractivity contribution is -0.126. The van der Waals surface area contributed by atoms with E-state index in [1.165, 1.54) is 4.90 Å². The lowest BCUT2D eigenvalue weighted by Crippen LogP contribution is -2.56. The van der Waals surface area contributed by atoms with Crippen molar-refractivity contribution in [2.45, 2.75) is 25.2 Å². The largest absolute Gasteiger partial charge is 0.293 e. The molecule has 1 aliphatic heterocycles. The van der Waals surface area contributed by atoms with Gasteiger partial charge in [-0.3, -0.25) is 4.79 Å². The lowest BCUT2D eigenvalue weighted by Gasteiger charge is -2.52. The van der Waals surface area contributed by atoms with Crippen molar-refractivity contribution in [3.63, 3.8) is 0 Å². The number of ketones is 1. The third-order valence-electron chi connectivity index (χ3n) is 4.18. The molecule has 1 aliphatic carbocycles. The van der Waals surface area contributed by atoms with Gasteiger partial charge in [0.15, 0.2) is 5.78 Å². The predicted molar refractivity (Wildman–Crippen MR) is 83.4 cm³/mol. The number of nitriles is 1. The van der Waals surface area contributed by atoms with Crippen LogP contribution in [-0.2, 0) is 4.79 Å². The second kappa shape index (κ2) is 5.01. The number of rotatable bonds is 2. The van der Waals surface area contributed by atoms with E-state index in [9.17, 15) is 10.1 Å². The molecule has 0 aromatic heterocycles. The number of Topliss-reactive ketones (excluding diaryl/α,β-unsaturated/α-hetero) is 1. The van der Waals surface area contributed by atoms with Crippen LogP contribution < -0.4 is 0 Å². The third-order valence-corrected chi connectivity index (χ3v) is 5.18. The smallest absolute Gasteiger partial charge is 0.178 e. The number of hydrogen-bond donors (Lipinski definition) is 0. The van der Waals surface area contributed by atoms with Crippen molar-refractivity contribution in [3.8, 4) is 6.07 Å². The minimum Gasteiger partial charge on any atom is -0.293 e. The van der Waals surface area contributed by atoms with Gasteiger partial charge in [0.05, 0.1) is 5.57 Å². The molecule has 0 radical (unpaired) electrons. The van der Waals surface area contributed by atoms with E-state index in [0.717, 1.165) is 19.5 Å². The molecule has 3 nitrogen and oxygen atoms in total. The van der Waals surface area contributed by atoms with Crippen molar-refractivity contribution >= 4 is 17.7 Å². The molecule has 3 rings (SSSR count). The molecule has 108 valence electrons. The van der Waals surface area contributed by atoms with Gasteiger partial charge in [0, 0.05) is 28.8 Å². The Morgan fingerprint density at radius 3 is 2.52 bits per heavy atom. The molecule has 0 unspecified atom stereocenters. The Kier molecular flexibility index (Phi) is 3.43. The van der Waals surface area contributed by atoms with Crippen molar-refractivity contribution < 1.29 is 4.79 Å². The quantitative estimate of drug-likeness (QED) is 0.785. The molecule has 0 amide bonds. The van der Waals surface area contributed by atoms with Gasteiger partial charge in [0.2, 0.25) is 0 Å². The molecule has 0 bridgehead atoms. The highest BCUT2D eigenvalue weighted by Crippen LogP contribution is 2.50. The fourth-order valence-electron chi connectivity index (χ4n) is 3.38. The Labute approximate surface area is 129 Å². The summed E-state index contributed by atoms with van der Waals surface area (Å²) in [5, 5.41) is 9.19. The number of carbonyl (C=O) groups excluding carboxylic acids is 1. The highest BCUT2D eigenvalue weighted by Gasteiger charge is 2.51. The summed E-state index contributed by atoms with van der Waals surface area (Å²) in [6, 6.07) is 12.4. The number of carbonyl (C=O) groups is 1. The Morgan fingerprint density at radius 1 is 1.24 bits per heavy atom. The number of hydrogen-bond acceptors (Lipinski definition) is 4. The summed E-state index contributed by atoms with van der Waals surface area (Å²) in [5.74, 6) is -0.00946. The van der Waals surface area contributed by atoms with Crippen LogP contribution in [0.15, 0.2) is 46.9 Å². The van der Waals surface area contributed by atoms with Gasteiger partial charge in [-0.15, -0.1) is 0 Å². The van der Waals surface area contributed by atoms with Crippen LogP contribution in [-0.4, -0.2) is 23.2 Å². The maximum Gasteiger partial charge on any atom is 0.178 e. The first kappa shape index (κ1) is 14.4. The highest BCUT2D eigenvalue weighted by molar-refractivity contribution is 7.97. The summed E-state index contributed by atoms with van der Waals surface area (Å²) in [5.41, 5.74) is -0.0938. The van der Waals surface area contributed by atoms with E-state index < -0.39 is 5.41 Å². The molecule has 1 fully saturated rings. The van der Waals surface area contributed by atoms with Crippen LogP contribution in [0.4, 0.5) is 0 Å². The molecule has 4 heteroatoms. The van der Waals surface area contributed by atoms with E-state index in [0.29, 0.717) is 5.57 Å². The van der Waals surface area contributed by atoms with Gasteiger partial charge in [-0.25, -0.2) is 4.31 Å². The monoisotopic (exact) mass is 298 g/mol. The third kappa shape index (κ3) is 2.64. The van der Waals surface area contributed by atoms with E-state index in [1.54, 1.807) is 11.9 Å². The van der Waals surface area contributed by atoms with Gasteiger partial charge in [-0.05, 0) is 30.5 Å². The van der Waals surface area contributed by atoms with E-state index in [2.05, 4.69) is 22.5 Å². The zero-order valence-electron chi connectivity index (χ0n) is 12.3. The van der Waals surface area contributed by atoms with Gasteiger partial charge in [-0.2, -0.15) is 5.26 Å². The molecule has 1 saturated heterocycles. The average Bonchev–Trinajstić information content (AvgIpc) is 2.42. The molecule has 1 aromatic carbocycles. The van der Waals surface area contributed by atoms with Crippen LogP contribution in [0.2, 0.25) is 0 Å². The van der Waals surface area contributed by atoms with Crippen molar-refractivity contribution in [2.24, 2.45) is 10.8 Å². The fraction of sp³-hybridized carbons (Fsp3) is 0.412. The molecule has 0 N–H and O–H groups in total. The maximum atomic E-state index is 12.2. The Balaban J connectivity index is 1.73. The highest BCUT2D eigenvalue weighted by atomic mass is 32.2. The van der Waals surface area contributed by atoms with Crippen molar-refractivity contribution in [1.82, 2.24) is 4.31 Å². The fourth-order valence-corrected chi connectivity index (χ4v) is 4.61. The molecule has 2 aliphatic rings. The average molecular weight is 298 g/mol. The molecular weight excluding hydrogens is 280 g/mol. The van der Waals surface area contributed by atoms with Gasteiger partial charge < -0.3 is 0 Å². The van der Waals surface area contributed by atoms with Crippen molar-refractivity contribution in [2.75, 3.05) is 13.1 Å². The standard InChI is InChI=1S/C17H18N2OS/c1-16(2)10-17(8-13(9-18)15(16)20)11-19(12-17)21-14-6-4-3-5-7-14/h3-8H,10-12H2,1-2H3. The van der Waals surface area contributed by atoms with Gasteiger partial charge >= 0.3 is 0 Å². The molecule has 21 heavy (non-hydrogen) atoms. The van der Waals surface area contributed by atoms with E-state index in [1.807, 2.05) is 38.1 Å². The second-order valence-corrected chi connectivity index (χ2v) is 7.79. The molecular formula is C17H18N2OS. The SMILES string of the molecule is CC1(C)CC2(C=C(C#N)C1=O)CN(Sc1ccccc1)C2. The van der Waals surface area contributed by atoms with E-state index in [-0.39, 0.29) is 11.2 Å². The summed E-state index contributed by atoms with van der Waals surface area (Å²) < 4.78 is 2.30.